The van der Waals surface area contributed by atoms with Crippen LogP contribution >= 0.6 is 0 Å². The van der Waals surface area contributed by atoms with Gasteiger partial charge in [-0.2, -0.15) is 4.31 Å². The summed E-state index contributed by atoms with van der Waals surface area (Å²) >= 11 is 0. The molecular weight excluding hydrogens is 338 g/mol. The van der Waals surface area contributed by atoms with E-state index in [2.05, 4.69) is 11.9 Å². The Hall–Kier alpha value is -1.70. The molecular formula is C18H27N3O3S. The van der Waals surface area contributed by atoms with E-state index in [0.717, 1.165) is 11.1 Å². The lowest BCUT2D eigenvalue weighted by Crippen LogP contribution is -2.54. The lowest BCUT2D eigenvalue weighted by atomic mass is 10.1. The second kappa shape index (κ2) is 8.12. The van der Waals surface area contributed by atoms with E-state index in [9.17, 15) is 13.2 Å². The van der Waals surface area contributed by atoms with Crippen LogP contribution in [-0.4, -0.2) is 62.3 Å². The average molecular weight is 365 g/mol. The second-order valence-corrected chi connectivity index (χ2v) is 8.33. The highest BCUT2D eigenvalue weighted by molar-refractivity contribution is 7.89. The molecule has 0 spiro atoms. The van der Waals surface area contributed by atoms with Gasteiger partial charge in [-0.3, -0.25) is 9.69 Å². The third-order valence-corrected chi connectivity index (χ3v) is 6.63. The van der Waals surface area contributed by atoms with E-state index in [1.807, 2.05) is 31.7 Å². The Morgan fingerprint density at radius 3 is 2.44 bits per heavy atom. The minimum absolute atomic E-state index is 0.0645. The third kappa shape index (κ3) is 4.48. The van der Waals surface area contributed by atoms with Crippen molar-refractivity contribution in [1.82, 2.24) is 14.5 Å². The van der Waals surface area contributed by atoms with Gasteiger partial charge in [0.1, 0.15) is 0 Å². The summed E-state index contributed by atoms with van der Waals surface area (Å²) < 4.78 is 27.1. The van der Waals surface area contributed by atoms with E-state index >= 15 is 0 Å². The number of hydrogen-bond donors (Lipinski definition) is 1. The molecule has 1 aromatic rings. The molecule has 1 saturated heterocycles. The number of rotatable bonds is 6. The SMILES string of the molecule is C=CCNC(=O)[C@@H](C)N1CCN(S(=O)(=O)c2ccc(C)c(C)c2)CC1. The number of nitrogens with one attached hydrogen (secondary N) is 1. The minimum atomic E-state index is -3.49. The first-order valence-electron chi connectivity index (χ1n) is 8.47. The van der Waals surface area contributed by atoms with Gasteiger partial charge in [-0.1, -0.05) is 12.1 Å². The molecule has 1 aromatic carbocycles. The van der Waals surface area contributed by atoms with Gasteiger partial charge in [-0.15, -0.1) is 6.58 Å². The smallest absolute Gasteiger partial charge is 0.243 e. The van der Waals surface area contributed by atoms with Gasteiger partial charge in [0, 0.05) is 32.7 Å². The Kier molecular flexibility index (Phi) is 6.37. The van der Waals surface area contributed by atoms with Crippen molar-refractivity contribution in [2.45, 2.75) is 31.7 Å². The number of nitrogens with zero attached hydrogens (tertiary/aromatic N) is 2. The molecule has 1 N–H and O–H groups in total. The van der Waals surface area contributed by atoms with Crippen LogP contribution in [0.25, 0.3) is 0 Å². The molecule has 25 heavy (non-hydrogen) atoms. The summed E-state index contributed by atoms with van der Waals surface area (Å²) in [6.07, 6.45) is 1.64. The van der Waals surface area contributed by atoms with Crippen molar-refractivity contribution in [3.8, 4) is 0 Å². The number of hydrogen-bond acceptors (Lipinski definition) is 4. The summed E-state index contributed by atoms with van der Waals surface area (Å²) in [5.41, 5.74) is 2.04. The van der Waals surface area contributed by atoms with Crippen LogP contribution in [0.15, 0.2) is 35.7 Å². The van der Waals surface area contributed by atoms with Gasteiger partial charge in [0.25, 0.3) is 0 Å². The van der Waals surface area contributed by atoms with E-state index in [-0.39, 0.29) is 11.9 Å². The maximum absolute atomic E-state index is 12.8. The monoisotopic (exact) mass is 365 g/mol. The van der Waals surface area contributed by atoms with E-state index in [0.29, 0.717) is 37.6 Å². The Labute approximate surface area is 150 Å². The number of benzene rings is 1. The highest BCUT2D eigenvalue weighted by atomic mass is 32.2. The van der Waals surface area contributed by atoms with Crippen molar-refractivity contribution in [2.24, 2.45) is 0 Å². The first kappa shape index (κ1) is 19.6. The van der Waals surface area contributed by atoms with Gasteiger partial charge >= 0.3 is 0 Å². The fourth-order valence-corrected chi connectivity index (χ4v) is 4.35. The average Bonchev–Trinajstić information content (AvgIpc) is 2.61. The normalized spacial score (nSPS) is 17.9. The summed E-state index contributed by atoms with van der Waals surface area (Å²) in [5, 5.41) is 2.78. The van der Waals surface area contributed by atoms with Crippen LogP contribution in [0.5, 0.6) is 0 Å². The van der Waals surface area contributed by atoms with Crippen molar-refractivity contribution < 1.29 is 13.2 Å². The molecule has 1 aliphatic rings. The van der Waals surface area contributed by atoms with Crippen molar-refractivity contribution >= 4 is 15.9 Å². The fraction of sp³-hybridized carbons (Fsp3) is 0.500. The highest BCUT2D eigenvalue weighted by Crippen LogP contribution is 2.21. The van der Waals surface area contributed by atoms with Crippen molar-refractivity contribution in [3.05, 3.63) is 42.0 Å². The summed E-state index contributed by atoms with van der Waals surface area (Å²) in [6.45, 7) is 11.6. The number of piperazine rings is 1. The zero-order valence-corrected chi connectivity index (χ0v) is 16.0. The quantitative estimate of drug-likeness (QED) is 0.772. The molecule has 0 aromatic heterocycles. The van der Waals surface area contributed by atoms with Crippen LogP contribution in [0.3, 0.4) is 0 Å². The summed E-state index contributed by atoms with van der Waals surface area (Å²) in [6, 6.07) is 4.94. The molecule has 2 rings (SSSR count). The molecule has 6 nitrogen and oxygen atoms in total. The molecule has 0 radical (unpaired) electrons. The molecule has 7 heteroatoms. The molecule has 1 aliphatic heterocycles. The lowest BCUT2D eigenvalue weighted by molar-refractivity contribution is -0.126. The van der Waals surface area contributed by atoms with Gasteiger partial charge in [0.05, 0.1) is 10.9 Å². The van der Waals surface area contributed by atoms with E-state index < -0.39 is 10.0 Å². The van der Waals surface area contributed by atoms with Crippen LogP contribution in [0.1, 0.15) is 18.1 Å². The maximum Gasteiger partial charge on any atom is 0.243 e. The van der Waals surface area contributed by atoms with Crippen molar-refractivity contribution in [3.63, 3.8) is 0 Å². The molecule has 0 aliphatic carbocycles. The molecule has 1 heterocycles. The van der Waals surface area contributed by atoms with Crippen LogP contribution in [0.2, 0.25) is 0 Å². The largest absolute Gasteiger partial charge is 0.351 e. The maximum atomic E-state index is 12.8. The predicted octanol–water partition coefficient (Wildman–Crippen LogP) is 1.30. The second-order valence-electron chi connectivity index (χ2n) is 6.40. The Bertz CT molecular complexity index is 738. The number of carbonyl (C=O) groups excluding carboxylic acids is 1. The first-order chi connectivity index (χ1) is 11.8. The minimum Gasteiger partial charge on any atom is -0.351 e. The van der Waals surface area contributed by atoms with Crippen LogP contribution in [0, 0.1) is 13.8 Å². The van der Waals surface area contributed by atoms with E-state index in [4.69, 9.17) is 0 Å². The molecule has 0 bridgehead atoms. The first-order valence-corrected chi connectivity index (χ1v) is 9.91. The van der Waals surface area contributed by atoms with Gasteiger partial charge in [-0.05, 0) is 44.0 Å². The zero-order valence-electron chi connectivity index (χ0n) is 15.2. The number of aryl methyl sites for hydroxylation is 2. The zero-order chi connectivity index (χ0) is 18.6. The topological polar surface area (TPSA) is 69.7 Å². The van der Waals surface area contributed by atoms with Gasteiger partial charge in [-0.25, -0.2) is 8.42 Å². The van der Waals surface area contributed by atoms with E-state index in [1.165, 1.54) is 4.31 Å². The summed E-state index contributed by atoms with van der Waals surface area (Å²) in [4.78, 5) is 14.4. The number of carbonyl (C=O) groups is 1. The van der Waals surface area contributed by atoms with Crippen LogP contribution in [0.4, 0.5) is 0 Å². The van der Waals surface area contributed by atoms with Crippen LogP contribution in [-0.2, 0) is 14.8 Å². The Morgan fingerprint density at radius 1 is 1.24 bits per heavy atom. The molecule has 0 unspecified atom stereocenters. The standard InChI is InChI=1S/C18H27N3O3S/c1-5-8-19-18(22)16(4)20-9-11-21(12-10-20)25(23,24)17-7-6-14(2)15(3)13-17/h5-7,13,16H,1,8-12H2,2-4H3,(H,19,22)/t16-/m1/s1. The van der Waals surface area contributed by atoms with Gasteiger partial charge in [0.15, 0.2) is 0 Å². The molecule has 1 fully saturated rings. The van der Waals surface area contributed by atoms with Crippen molar-refractivity contribution in [1.29, 1.82) is 0 Å². The summed E-state index contributed by atoms with van der Waals surface area (Å²) in [7, 11) is -3.49. The van der Waals surface area contributed by atoms with Gasteiger partial charge < -0.3 is 5.32 Å². The third-order valence-electron chi connectivity index (χ3n) is 4.74. The lowest BCUT2D eigenvalue weighted by Gasteiger charge is -2.36. The molecule has 138 valence electrons. The van der Waals surface area contributed by atoms with Crippen LogP contribution < -0.4 is 5.32 Å². The fourth-order valence-electron chi connectivity index (χ4n) is 2.84. The van der Waals surface area contributed by atoms with E-state index in [1.54, 1.807) is 18.2 Å². The molecule has 1 atom stereocenters. The predicted molar refractivity (Wildman–Crippen MR) is 98.9 cm³/mol. The Morgan fingerprint density at radius 2 is 1.88 bits per heavy atom. The molecule has 0 saturated carbocycles. The number of amides is 1. The van der Waals surface area contributed by atoms with Gasteiger partial charge in [0.2, 0.25) is 15.9 Å². The summed E-state index contributed by atoms with van der Waals surface area (Å²) in [5.74, 6) is -0.0645. The Balaban J connectivity index is 2.02. The molecule has 1 amide bonds. The van der Waals surface area contributed by atoms with Crippen molar-refractivity contribution in [2.75, 3.05) is 32.7 Å². The highest BCUT2D eigenvalue weighted by Gasteiger charge is 2.31. The number of sulfonamides is 1.